The minimum absolute atomic E-state index is 0.0839. The minimum atomic E-state index is -0.558. The van der Waals surface area contributed by atoms with Gasteiger partial charge in [0.15, 0.2) is 0 Å². The predicted octanol–water partition coefficient (Wildman–Crippen LogP) is 4.27. The number of hydrogen-bond acceptors (Lipinski definition) is 2. The number of fused-ring (bicyclic) bond motifs is 1. The van der Waals surface area contributed by atoms with Crippen LogP contribution < -0.4 is 5.32 Å². The lowest BCUT2D eigenvalue weighted by molar-refractivity contribution is -0.125. The van der Waals surface area contributed by atoms with Gasteiger partial charge in [-0.3, -0.25) is 9.59 Å². The topological polar surface area (TPSA) is 49.4 Å². The van der Waals surface area contributed by atoms with E-state index in [9.17, 15) is 9.59 Å². The van der Waals surface area contributed by atoms with Gasteiger partial charge in [-0.1, -0.05) is 72.3 Å². The van der Waals surface area contributed by atoms with Gasteiger partial charge in [-0.15, -0.1) is 0 Å². The summed E-state index contributed by atoms with van der Waals surface area (Å²) in [5.41, 5.74) is 3.78. The number of nitrogens with one attached hydrogen (secondary N) is 1. The third-order valence-electron chi connectivity index (χ3n) is 5.43. The van der Waals surface area contributed by atoms with Gasteiger partial charge in [0.25, 0.3) is 5.91 Å². The molecule has 1 aliphatic rings. The first-order valence-electron chi connectivity index (χ1n) is 10.1. The number of hydrogen-bond donors (Lipinski definition) is 1. The Balaban J connectivity index is 1.48. The number of nitrogens with zero attached hydrogens (tertiary/aromatic N) is 1. The normalized spacial score (nSPS) is 13.8. The van der Waals surface area contributed by atoms with Crippen molar-refractivity contribution in [1.29, 1.82) is 0 Å². The SMILES string of the molecule is O=C(NCCc1ccc(Cl)cc1)C(Cc1ccccc1)N1Cc2ccccc2C1=O. The highest BCUT2D eigenvalue weighted by Crippen LogP contribution is 2.26. The molecular formula is C25H23ClN2O2. The van der Waals surface area contributed by atoms with Crippen molar-refractivity contribution in [1.82, 2.24) is 10.2 Å². The molecular weight excluding hydrogens is 396 g/mol. The van der Waals surface area contributed by atoms with Crippen LogP contribution in [0.2, 0.25) is 5.02 Å². The number of carbonyl (C=O) groups is 2. The maximum Gasteiger partial charge on any atom is 0.255 e. The molecule has 5 heteroatoms. The summed E-state index contributed by atoms with van der Waals surface area (Å²) in [7, 11) is 0. The van der Waals surface area contributed by atoms with Crippen LogP contribution in [0, 0.1) is 0 Å². The molecule has 0 aromatic heterocycles. The van der Waals surface area contributed by atoms with Crippen LogP contribution in [0.4, 0.5) is 0 Å². The van der Waals surface area contributed by atoms with E-state index in [1.165, 1.54) is 0 Å². The first kappa shape index (κ1) is 20.2. The maximum absolute atomic E-state index is 13.1. The van der Waals surface area contributed by atoms with Crippen molar-refractivity contribution in [3.8, 4) is 0 Å². The van der Waals surface area contributed by atoms with Gasteiger partial charge in [0.2, 0.25) is 5.91 Å². The Bertz CT molecular complexity index is 1030. The van der Waals surface area contributed by atoms with E-state index in [0.717, 1.165) is 16.7 Å². The van der Waals surface area contributed by atoms with Crippen molar-refractivity contribution in [2.45, 2.75) is 25.4 Å². The Morgan fingerprint density at radius 1 is 0.933 bits per heavy atom. The summed E-state index contributed by atoms with van der Waals surface area (Å²) < 4.78 is 0. The number of rotatable bonds is 7. The average Bonchev–Trinajstić information content (AvgIpc) is 3.10. The first-order chi connectivity index (χ1) is 14.6. The summed E-state index contributed by atoms with van der Waals surface area (Å²) in [6, 6.07) is 24.4. The van der Waals surface area contributed by atoms with Crippen LogP contribution in [0.15, 0.2) is 78.9 Å². The van der Waals surface area contributed by atoms with Gasteiger partial charge in [-0.05, 0) is 41.3 Å². The van der Waals surface area contributed by atoms with Crippen molar-refractivity contribution in [2.75, 3.05) is 6.54 Å². The van der Waals surface area contributed by atoms with Gasteiger partial charge in [0.1, 0.15) is 6.04 Å². The Morgan fingerprint density at radius 2 is 1.63 bits per heavy atom. The monoisotopic (exact) mass is 418 g/mol. The van der Waals surface area contributed by atoms with Crippen LogP contribution in [-0.2, 0) is 24.2 Å². The van der Waals surface area contributed by atoms with Crippen molar-refractivity contribution in [3.05, 3.63) is 106 Å². The second kappa shape index (κ2) is 9.14. The molecule has 1 N–H and O–H groups in total. The fourth-order valence-electron chi connectivity index (χ4n) is 3.81. The summed E-state index contributed by atoms with van der Waals surface area (Å²) in [6.45, 7) is 0.956. The van der Waals surface area contributed by atoms with Gasteiger partial charge in [0.05, 0.1) is 0 Å². The highest BCUT2D eigenvalue weighted by atomic mass is 35.5. The summed E-state index contributed by atoms with van der Waals surface area (Å²) >= 11 is 5.93. The summed E-state index contributed by atoms with van der Waals surface area (Å²) in [5.74, 6) is -0.214. The Hall–Kier alpha value is -3.11. The Morgan fingerprint density at radius 3 is 2.37 bits per heavy atom. The van der Waals surface area contributed by atoms with Gasteiger partial charge in [0, 0.05) is 30.1 Å². The second-order valence-electron chi connectivity index (χ2n) is 7.46. The Kier molecular flexibility index (Phi) is 6.15. The van der Waals surface area contributed by atoms with Crippen LogP contribution in [0.5, 0.6) is 0 Å². The molecule has 1 heterocycles. The van der Waals surface area contributed by atoms with Crippen LogP contribution in [0.25, 0.3) is 0 Å². The molecule has 3 aromatic rings. The smallest absolute Gasteiger partial charge is 0.255 e. The van der Waals surface area contributed by atoms with Crippen LogP contribution >= 0.6 is 11.6 Å². The molecule has 0 spiro atoms. The molecule has 0 fully saturated rings. The summed E-state index contributed by atoms with van der Waals surface area (Å²) in [4.78, 5) is 27.8. The highest BCUT2D eigenvalue weighted by molar-refractivity contribution is 6.30. The molecule has 0 saturated carbocycles. The number of benzene rings is 3. The van der Waals surface area contributed by atoms with E-state index >= 15 is 0 Å². The maximum atomic E-state index is 13.1. The zero-order valence-electron chi connectivity index (χ0n) is 16.6. The third kappa shape index (κ3) is 4.55. The van der Waals surface area contributed by atoms with E-state index in [4.69, 9.17) is 11.6 Å². The molecule has 1 atom stereocenters. The van der Waals surface area contributed by atoms with Gasteiger partial charge < -0.3 is 10.2 Å². The van der Waals surface area contributed by atoms with E-state index < -0.39 is 6.04 Å². The molecule has 0 saturated heterocycles. The second-order valence-corrected chi connectivity index (χ2v) is 7.90. The molecule has 1 unspecified atom stereocenters. The van der Waals surface area contributed by atoms with Crippen LogP contribution in [0.1, 0.15) is 27.0 Å². The fourth-order valence-corrected chi connectivity index (χ4v) is 3.94. The van der Waals surface area contributed by atoms with E-state index in [0.29, 0.717) is 36.5 Å². The fraction of sp³-hybridized carbons (Fsp3) is 0.200. The number of amides is 2. The molecule has 152 valence electrons. The van der Waals surface area contributed by atoms with E-state index in [-0.39, 0.29) is 11.8 Å². The van der Waals surface area contributed by atoms with Crippen LogP contribution in [-0.4, -0.2) is 29.3 Å². The third-order valence-corrected chi connectivity index (χ3v) is 5.68. The molecule has 30 heavy (non-hydrogen) atoms. The molecule has 0 radical (unpaired) electrons. The molecule has 1 aliphatic heterocycles. The summed E-state index contributed by atoms with van der Waals surface area (Å²) in [5, 5.41) is 3.72. The van der Waals surface area contributed by atoms with Crippen molar-refractivity contribution >= 4 is 23.4 Å². The number of carbonyl (C=O) groups excluding carboxylic acids is 2. The molecule has 2 amide bonds. The minimum Gasteiger partial charge on any atom is -0.354 e. The molecule has 0 aliphatic carbocycles. The summed E-state index contributed by atoms with van der Waals surface area (Å²) in [6.07, 6.45) is 1.18. The molecule has 0 bridgehead atoms. The largest absolute Gasteiger partial charge is 0.354 e. The lowest BCUT2D eigenvalue weighted by Gasteiger charge is -2.27. The molecule has 4 rings (SSSR count). The van der Waals surface area contributed by atoms with Crippen LogP contribution in [0.3, 0.4) is 0 Å². The van der Waals surface area contributed by atoms with Crippen molar-refractivity contribution in [3.63, 3.8) is 0 Å². The van der Waals surface area contributed by atoms with E-state index in [1.807, 2.05) is 78.9 Å². The van der Waals surface area contributed by atoms with Crippen molar-refractivity contribution in [2.24, 2.45) is 0 Å². The lowest BCUT2D eigenvalue weighted by atomic mass is 10.0. The lowest BCUT2D eigenvalue weighted by Crippen LogP contribution is -2.48. The van der Waals surface area contributed by atoms with Gasteiger partial charge in [-0.2, -0.15) is 0 Å². The zero-order chi connectivity index (χ0) is 20.9. The zero-order valence-corrected chi connectivity index (χ0v) is 17.3. The number of halogens is 1. The average molecular weight is 419 g/mol. The van der Waals surface area contributed by atoms with Gasteiger partial charge >= 0.3 is 0 Å². The molecule has 3 aromatic carbocycles. The van der Waals surface area contributed by atoms with E-state index in [1.54, 1.807) is 4.90 Å². The van der Waals surface area contributed by atoms with Crippen molar-refractivity contribution < 1.29 is 9.59 Å². The molecule has 4 nitrogen and oxygen atoms in total. The first-order valence-corrected chi connectivity index (χ1v) is 10.4. The quantitative estimate of drug-likeness (QED) is 0.623. The van der Waals surface area contributed by atoms with Gasteiger partial charge in [-0.25, -0.2) is 0 Å². The highest BCUT2D eigenvalue weighted by Gasteiger charge is 2.36. The predicted molar refractivity (Wildman–Crippen MR) is 118 cm³/mol. The Labute approximate surface area is 181 Å². The standard InChI is InChI=1S/C25H23ClN2O2/c26-21-12-10-18(11-13-21)14-15-27-24(29)23(16-19-6-2-1-3-7-19)28-17-20-8-4-5-9-22(20)25(28)30/h1-13,23H,14-17H2,(H,27,29). The van der Waals surface area contributed by atoms with E-state index in [2.05, 4.69) is 5.32 Å².